The Bertz CT molecular complexity index is 527. The Morgan fingerprint density at radius 2 is 1.89 bits per heavy atom. The lowest BCUT2D eigenvalue weighted by molar-refractivity contribution is -0.149. The van der Waals surface area contributed by atoms with Crippen molar-refractivity contribution in [1.29, 1.82) is 0 Å². The predicted molar refractivity (Wildman–Crippen MR) is 63.5 cm³/mol. The summed E-state index contributed by atoms with van der Waals surface area (Å²) in [6.45, 7) is 3.42. The van der Waals surface area contributed by atoms with Crippen LogP contribution in [0.2, 0.25) is 0 Å². The van der Waals surface area contributed by atoms with Crippen LogP contribution in [0.4, 0.5) is 10.1 Å². The Labute approximate surface area is 104 Å². The number of anilines is 1. The molecule has 1 aliphatic carbocycles. The smallest absolute Gasteiger partial charge is 0.319 e. The number of hydrogen-bond acceptors (Lipinski definition) is 2. The third kappa shape index (κ3) is 1.66. The lowest BCUT2D eigenvalue weighted by Gasteiger charge is -2.15. The molecule has 0 saturated heterocycles. The van der Waals surface area contributed by atoms with E-state index in [1.807, 2.05) is 0 Å². The summed E-state index contributed by atoms with van der Waals surface area (Å²) in [5.41, 5.74) is -2.05. The molecule has 4 nitrogen and oxygen atoms in total. The number of carbonyl (C=O) groups is 2. The highest BCUT2D eigenvalue weighted by Gasteiger charge is 2.72. The van der Waals surface area contributed by atoms with Gasteiger partial charge < -0.3 is 10.4 Å². The number of carbonyl (C=O) groups excluding carboxylic acids is 1. The van der Waals surface area contributed by atoms with Gasteiger partial charge in [0, 0.05) is 0 Å². The Kier molecular flexibility index (Phi) is 2.65. The molecule has 1 atom stereocenters. The molecule has 0 spiro atoms. The number of rotatable bonds is 3. The minimum absolute atomic E-state index is 0.00539. The summed E-state index contributed by atoms with van der Waals surface area (Å²) in [5.74, 6) is -2.41. The Balaban J connectivity index is 2.24. The maximum Gasteiger partial charge on any atom is 0.319 e. The molecule has 0 bridgehead atoms. The van der Waals surface area contributed by atoms with Crippen LogP contribution in [0.5, 0.6) is 0 Å². The van der Waals surface area contributed by atoms with Crippen molar-refractivity contribution in [3.63, 3.8) is 0 Å². The number of nitrogens with one attached hydrogen (secondary N) is 1. The van der Waals surface area contributed by atoms with Crippen molar-refractivity contribution >= 4 is 17.6 Å². The molecular weight excluding hydrogens is 237 g/mol. The second kappa shape index (κ2) is 3.80. The molecule has 0 heterocycles. The summed E-state index contributed by atoms with van der Waals surface area (Å²) in [6.07, 6.45) is 0.260. The number of benzene rings is 1. The first kappa shape index (κ1) is 12.5. The van der Waals surface area contributed by atoms with Crippen LogP contribution < -0.4 is 5.32 Å². The number of para-hydroxylation sites is 1. The fraction of sp³-hybridized carbons (Fsp3) is 0.385. The molecule has 1 aliphatic rings. The SMILES string of the molecule is CC1(C)CC1(C(=O)O)C(=O)Nc1ccccc1F. The van der Waals surface area contributed by atoms with Gasteiger partial charge in [0.15, 0.2) is 5.41 Å². The zero-order chi connectivity index (χ0) is 13.6. The van der Waals surface area contributed by atoms with E-state index in [0.29, 0.717) is 0 Å². The number of aliphatic carboxylic acids is 1. The zero-order valence-electron chi connectivity index (χ0n) is 10.2. The van der Waals surface area contributed by atoms with Gasteiger partial charge in [-0.1, -0.05) is 26.0 Å². The van der Waals surface area contributed by atoms with E-state index >= 15 is 0 Å². The quantitative estimate of drug-likeness (QED) is 0.810. The maximum atomic E-state index is 13.4. The Morgan fingerprint density at radius 1 is 1.33 bits per heavy atom. The van der Waals surface area contributed by atoms with Crippen LogP contribution in [0.15, 0.2) is 24.3 Å². The van der Waals surface area contributed by atoms with Crippen molar-refractivity contribution in [1.82, 2.24) is 0 Å². The Morgan fingerprint density at radius 3 is 2.33 bits per heavy atom. The molecular formula is C13H14FNO3. The van der Waals surface area contributed by atoms with Crippen LogP contribution in [-0.4, -0.2) is 17.0 Å². The largest absolute Gasteiger partial charge is 0.480 e. The van der Waals surface area contributed by atoms with Crippen molar-refractivity contribution in [3.05, 3.63) is 30.1 Å². The summed E-state index contributed by atoms with van der Waals surface area (Å²) in [7, 11) is 0. The molecule has 1 aromatic carbocycles. The highest BCUT2D eigenvalue weighted by atomic mass is 19.1. The van der Waals surface area contributed by atoms with Crippen molar-refractivity contribution in [2.75, 3.05) is 5.32 Å². The van der Waals surface area contributed by atoms with Crippen molar-refractivity contribution in [2.24, 2.45) is 10.8 Å². The van der Waals surface area contributed by atoms with E-state index in [1.54, 1.807) is 19.9 Å². The first-order chi connectivity index (χ1) is 8.31. The summed E-state index contributed by atoms with van der Waals surface area (Å²) in [5, 5.41) is 11.6. The normalized spacial score (nSPS) is 24.4. The average Bonchev–Trinajstić information content (AvgIpc) is 2.87. The molecule has 2 N–H and O–H groups in total. The molecule has 1 fully saturated rings. The van der Waals surface area contributed by atoms with Gasteiger partial charge in [-0.2, -0.15) is 0 Å². The fourth-order valence-electron chi connectivity index (χ4n) is 2.26. The number of amides is 1. The molecule has 1 amide bonds. The van der Waals surface area contributed by atoms with Crippen LogP contribution in [0.25, 0.3) is 0 Å². The highest BCUT2D eigenvalue weighted by Crippen LogP contribution is 2.64. The first-order valence-electron chi connectivity index (χ1n) is 5.61. The molecule has 0 aliphatic heterocycles. The summed E-state index contributed by atoms with van der Waals surface area (Å²) >= 11 is 0. The van der Waals surface area contributed by atoms with E-state index in [4.69, 9.17) is 0 Å². The van der Waals surface area contributed by atoms with Gasteiger partial charge >= 0.3 is 5.97 Å². The van der Waals surface area contributed by atoms with E-state index in [0.717, 1.165) is 0 Å². The van der Waals surface area contributed by atoms with E-state index in [-0.39, 0.29) is 12.1 Å². The fourth-order valence-corrected chi connectivity index (χ4v) is 2.26. The Hall–Kier alpha value is -1.91. The first-order valence-corrected chi connectivity index (χ1v) is 5.61. The summed E-state index contributed by atoms with van der Waals surface area (Å²) in [6, 6.07) is 5.68. The van der Waals surface area contributed by atoms with E-state index in [9.17, 15) is 19.1 Å². The molecule has 2 rings (SSSR count). The predicted octanol–water partition coefficient (Wildman–Crippen LogP) is 2.27. The lowest BCUT2D eigenvalue weighted by atomic mass is 9.95. The number of halogens is 1. The number of carboxylic acids is 1. The van der Waals surface area contributed by atoms with Crippen molar-refractivity contribution in [2.45, 2.75) is 20.3 Å². The lowest BCUT2D eigenvalue weighted by Crippen LogP contribution is -2.35. The van der Waals surface area contributed by atoms with Crippen LogP contribution in [-0.2, 0) is 9.59 Å². The number of carboxylic acid groups (broad SMARTS) is 1. The van der Waals surface area contributed by atoms with Gasteiger partial charge in [-0.25, -0.2) is 4.39 Å². The summed E-state index contributed by atoms with van der Waals surface area (Å²) in [4.78, 5) is 23.3. The molecule has 0 aromatic heterocycles. The van der Waals surface area contributed by atoms with Crippen LogP contribution in [0.1, 0.15) is 20.3 Å². The summed E-state index contributed by atoms with van der Waals surface area (Å²) < 4.78 is 13.4. The highest BCUT2D eigenvalue weighted by molar-refractivity contribution is 6.12. The minimum Gasteiger partial charge on any atom is -0.480 e. The minimum atomic E-state index is -1.45. The molecule has 96 valence electrons. The standard InChI is InChI=1S/C13H14FNO3/c1-12(2)7-13(12,11(17)18)10(16)15-9-6-4-3-5-8(9)14/h3-6H,7H2,1-2H3,(H,15,16)(H,17,18). The zero-order valence-corrected chi connectivity index (χ0v) is 10.2. The van der Waals surface area contributed by atoms with Gasteiger partial charge in [-0.3, -0.25) is 9.59 Å². The maximum absolute atomic E-state index is 13.4. The molecule has 1 saturated carbocycles. The van der Waals surface area contributed by atoms with Crippen LogP contribution in [0, 0.1) is 16.6 Å². The second-order valence-electron chi connectivity index (χ2n) is 5.21. The molecule has 0 radical (unpaired) electrons. The second-order valence-corrected chi connectivity index (χ2v) is 5.21. The topological polar surface area (TPSA) is 66.4 Å². The van der Waals surface area contributed by atoms with E-state index < -0.39 is 28.5 Å². The third-order valence-electron chi connectivity index (χ3n) is 3.61. The van der Waals surface area contributed by atoms with Gasteiger partial charge in [0.2, 0.25) is 5.91 Å². The van der Waals surface area contributed by atoms with E-state index in [2.05, 4.69) is 5.32 Å². The monoisotopic (exact) mass is 251 g/mol. The molecule has 18 heavy (non-hydrogen) atoms. The van der Waals surface area contributed by atoms with Gasteiger partial charge in [-0.15, -0.1) is 0 Å². The van der Waals surface area contributed by atoms with Crippen LogP contribution >= 0.6 is 0 Å². The van der Waals surface area contributed by atoms with Crippen molar-refractivity contribution in [3.8, 4) is 0 Å². The molecule has 1 aromatic rings. The van der Waals surface area contributed by atoms with Gasteiger partial charge in [0.05, 0.1) is 5.69 Å². The third-order valence-corrected chi connectivity index (χ3v) is 3.61. The van der Waals surface area contributed by atoms with Crippen LogP contribution in [0.3, 0.4) is 0 Å². The average molecular weight is 251 g/mol. The molecule has 5 heteroatoms. The number of hydrogen-bond donors (Lipinski definition) is 2. The van der Waals surface area contributed by atoms with Crippen molar-refractivity contribution < 1.29 is 19.1 Å². The van der Waals surface area contributed by atoms with Gasteiger partial charge in [0.1, 0.15) is 5.82 Å². The van der Waals surface area contributed by atoms with E-state index in [1.165, 1.54) is 18.2 Å². The van der Waals surface area contributed by atoms with Gasteiger partial charge in [-0.05, 0) is 24.0 Å². The molecule has 1 unspecified atom stereocenters. The van der Waals surface area contributed by atoms with Gasteiger partial charge in [0.25, 0.3) is 0 Å².